The van der Waals surface area contributed by atoms with Crippen LogP contribution >= 0.6 is 11.8 Å². The first kappa shape index (κ1) is 14.1. The van der Waals surface area contributed by atoms with Crippen LogP contribution in [0.4, 0.5) is 11.6 Å². The van der Waals surface area contributed by atoms with E-state index in [0.29, 0.717) is 11.9 Å². The van der Waals surface area contributed by atoms with Crippen LogP contribution in [0.3, 0.4) is 0 Å². The molecule has 0 aliphatic carbocycles. The van der Waals surface area contributed by atoms with Gasteiger partial charge in [-0.1, -0.05) is 20.3 Å². The normalized spacial score (nSPS) is 12.4. The molecule has 1 unspecified atom stereocenters. The predicted molar refractivity (Wildman–Crippen MR) is 76.5 cm³/mol. The van der Waals surface area contributed by atoms with Crippen LogP contribution in [0, 0.1) is 0 Å². The molecule has 1 aromatic rings. The van der Waals surface area contributed by atoms with Gasteiger partial charge in [0.25, 0.3) is 0 Å². The largest absolute Gasteiger partial charge is 0.383 e. The molecule has 1 atom stereocenters. The smallest absolute Gasteiger partial charge is 0.134 e. The van der Waals surface area contributed by atoms with Crippen molar-refractivity contribution in [1.82, 2.24) is 9.97 Å². The fourth-order valence-electron chi connectivity index (χ4n) is 1.62. The van der Waals surface area contributed by atoms with Crippen molar-refractivity contribution in [2.45, 2.75) is 39.7 Å². The molecule has 0 amide bonds. The lowest BCUT2D eigenvalue weighted by Gasteiger charge is -2.17. The SMILES string of the molecule is CCCc1c(N)ncnc1NC(C)CSCC. The van der Waals surface area contributed by atoms with E-state index < -0.39 is 0 Å². The van der Waals surface area contributed by atoms with Crippen molar-refractivity contribution in [3.8, 4) is 0 Å². The van der Waals surface area contributed by atoms with Gasteiger partial charge < -0.3 is 11.1 Å². The number of rotatable bonds is 7. The second-order valence-corrected chi connectivity index (χ2v) is 5.36. The van der Waals surface area contributed by atoms with Crippen LogP contribution in [-0.2, 0) is 6.42 Å². The van der Waals surface area contributed by atoms with Crippen molar-refractivity contribution >= 4 is 23.4 Å². The average Bonchev–Trinajstić information content (AvgIpc) is 2.31. The fourth-order valence-corrected chi connectivity index (χ4v) is 2.29. The van der Waals surface area contributed by atoms with Crippen molar-refractivity contribution in [3.05, 3.63) is 11.9 Å². The zero-order chi connectivity index (χ0) is 12.7. The van der Waals surface area contributed by atoms with Gasteiger partial charge in [-0.15, -0.1) is 0 Å². The van der Waals surface area contributed by atoms with Crippen LogP contribution in [0.2, 0.25) is 0 Å². The summed E-state index contributed by atoms with van der Waals surface area (Å²) in [7, 11) is 0. The lowest BCUT2D eigenvalue weighted by Crippen LogP contribution is -2.20. The van der Waals surface area contributed by atoms with E-state index in [4.69, 9.17) is 5.73 Å². The number of nitrogen functional groups attached to an aromatic ring is 1. The Morgan fingerprint density at radius 1 is 1.41 bits per heavy atom. The highest BCUT2D eigenvalue weighted by Crippen LogP contribution is 2.20. The van der Waals surface area contributed by atoms with E-state index in [2.05, 4.69) is 36.1 Å². The molecule has 0 fully saturated rings. The summed E-state index contributed by atoms with van der Waals surface area (Å²) in [6, 6.07) is 0.393. The van der Waals surface area contributed by atoms with Crippen molar-refractivity contribution < 1.29 is 0 Å². The van der Waals surface area contributed by atoms with Crippen LogP contribution < -0.4 is 11.1 Å². The van der Waals surface area contributed by atoms with Gasteiger partial charge in [0.05, 0.1) is 0 Å². The van der Waals surface area contributed by atoms with Gasteiger partial charge in [-0.3, -0.25) is 0 Å². The summed E-state index contributed by atoms with van der Waals surface area (Å²) in [5.74, 6) is 3.70. The quantitative estimate of drug-likeness (QED) is 0.783. The highest BCUT2D eigenvalue weighted by Gasteiger charge is 2.10. The second kappa shape index (κ2) is 7.37. The first-order valence-electron chi connectivity index (χ1n) is 6.12. The first-order valence-corrected chi connectivity index (χ1v) is 7.28. The summed E-state index contributed by atoms with van der Waals surface area (Å²) in [5, 5.41) is 3.42. The zero-order valence-corrected chi connectivity index (χ0v) is 11.7. The first-order chi connectivity index (χ1) is 8.19. The monoisotopic (exact) mass is 254 g/mol. The molecule has 0 aliphatic heterocycles. The molecule has 0 saturated heterocycles. The van der Waals surface area contributed by atoms with Gasteiger partial charge in [-0.2, -0.15) is 11.8 Å². The molecule has 0 spiro atoms. The number of aromatic nitrogens is 2. The van der Waals surface area contributed by atoms with E-state index in [-0.39, 0.29) is 0 Å². The number of anilines is 2. The van der Waals surface area contributed by atoms with Crippen LogP contribution in [0.5, 0.6) is 0 Å². The average molecular weight is 254 g/mol. The van der Waals surface area contributed by atoms with Gasteiger partial charge in [0, 0.05) is 17.4 Å². The molecule has 5 heteroatoms. The third-order valence-electron chi connectivity index (χ3n) is 2.43. The lowest BCUT2D eigenvalue weighted by atomic mass is 10.1. The third-order valence-corrected chi connectivity index (χ3v) is 3.58. The highest BCUT2D eigenvalue weighted by atomic mass is 32.2. The number of nitrogens with zero attached hydrogens (tertiary/aromatic N) is 2. The molecule has 1 heterocycles. The summed E-state index contributed by atoms with van der Waals surface area (Å²) in [4.78, 5) is 8.34. The number of thioether (sulfide) groups is 1. The van der Waals surface area contributed by atoms with E-state index in [1.807, 2.05) is 11.8 Å². The summed E-state index contributed by atoms with van der Waals surface area (Å²) in [5.41, 5.74) is 6.93. The molecule has 17 heavy (non-hydrogen) atoms. The summed E-state index contributed by atoms with van der Waals surface area (Å²) in [6.07, 6.45) is 3.49. The standard InChI is InChI=1S/C12H22N4S/c1-4-6-10-11(13)14-8-15-12(10)16-9(3)7-17-5-2/h8-9H,4-7H2,1-3H3,(H3,13,14,15,16). The minimum atomic E-state index is 0.393. The van der Waals surface area contributed by atoms with Crippen LogP contribution in [0.25, 0.3) is 0 Å². The van der Waals surface area contributed by atoms with Crippen molar-refractivity contribution in [1.29, 1.82) is 0 Å². The third kappa shape index (κ3) is 4.42. The van der Waals surface area contributed by atoms with Gasteiger partial charge in [-0.05, 0) is 19.1 Å². The van der Waals surface area contributed by atoms with E-state index in [9.17, 15) is 0 Å². The van der Waals surface area contributed by atoms with E-state index in [1.54, 1.807) is 0 Å². The summed E-state index contributed by atoms with van der Waals surface area (Å²) >= 11 is 1.92. The molecule has 0 aromatic carbocycles. The molecular formula is C12H22N4S. The van der Waals surface area contributed by atoms with E-state index in [1.165, 1.54) is 6.33 Å². The zero-order valence-electron chi connectivity index (χ0n) is 10.9. The Morgan fingerprint density at radius 2 is 2.18 bits per heavy atom. The Hall–Kier alpha value is -0.970. The van der Waals surface area contributed by atoms with E-state index in [0.717, 1.165) is 35.7 Å². The minimum absolute atomic E-state index is 0.393. The Bertz CT molecular complexity index is 343. The van der Waals surface area contributed by atoms with Crippen LogP contribution in [0.1, 0.15) is 32.8 Å². The molecule has 0 radical (unpaired) electrons. The molecule has 1 aromatic heterocycles. The van der Waals surface area contributed by atoms with Crippen LogP contribution in [-0.4, -0.2) is 27.5 Å². The Kier molecular flexibility index (Phi) is 6.11. The van der Waals surface area contributed by atoms with Gasteiger partial charge in [0.15, 0.2) is 0 Å². The maximum atomic E-state index is 5.89. The topological polar surface area (TPSA) is 63.8 Å². The molecule has 0 bridgehead atoms. The fraction of sp³-hybridized carbons (Fsp3) is 0.667. The lowest BCUT2D eigenvalue weighted by molar-refractivity contribution is 0.865. The second-order valence-electron chi connectivity index (χ2n) is 4.04. The summed E-state index contributed by atoms with van der Waals surface area (Å²) in [6.45, 7) is 6.46. The van der Waals surface area contributed by atoms with E-state index >= 15 is 0 Å². The Labute approximate surface area is 108 Å². The number of hydrogen-bond donors (Lipinski definition) is 2. The minimum Gasteiger partial charge on any atom is -0.383 e. The molecule has 96 valence electrons. The van der Waals surface area contributed by atoms with Gasteiger partial charge in [0.1, 0.15) is 18.0 Å². The Balaban J connectivity index is 2.72. The molecule has 4 nitrogen and oxygen atoms in total. The maximum Gasteiger partial charge on any atom is 0.134 e. The van der Waals surface area contributed by atoms with Crippen molar-refractivity contribution in [3.63, 3.8) is 0 Å². The number of nitrogens with two attached hydrogens (primary N) is 1. The number of hydrogen-bond acceptors (Lipinski definition) is 5. The maximum absolute atomic E-state index is 5.89. The van der Waals surface area contributed by atoms with Gasteiger partial charge in [0.2, 0.25) is 0 Å². The molecule has 3 N–H and O–H groups in total. The Morgan fingerprint density at radius 3 is 2.82 bits per heavy atom. The predicted octanol–water partition coefficient (Wildman–Crippen LogP) is 2.56. The van der Waals surface area contributed by atoms with Crippen molar-refractivity contribution in [2.75, 3.05) is 22.6 Å². The molecule has 0 aliphatic rings. The van der Waals surface area contributed by atoms with Crippen LogP contribution in [0.15, 0.2) is 6.33 Å². The molecule has 0 saturated carbocycles. The van der Waals surface area contributed by atoms with Gasteiger partial charge >= 0.3 is 0 Å². The molecular weight excluding hydrogens is 232 g/mol. The highest BCUT2D eigenvalue weighted by molar-refractivity contribution is 7.99. The van der Waals surface area contributed by atoms with Crippen molar-refractivity contribution in [2.24, 2.45) is 0 Å². The van der Waals surface area contributed by atoms with Gasteiger partial charge in [-0.25, -0.2) is 9.97 Å². The molecule has 1 rings (SSSR count). The number of nitrogens with one attached hydrogen (secondary N) is 1. The summed E-state index contributed by atoms with van der Waals surface area (Å²) < 4.78 is 0.